The molecule has 4 aromatic rings. The van der Waals surface area contributed by atoms with Crippen molar-refractivity contribution in [2.75, 3.05) is 5.32 Å². The minimum absolute atomic E-state index is 0.0777. The van der Waals surface area contributed by atoms with Crippen LogP contribution in [0, 0.1) is 5.82 Å². The molecule has 0 fully saturated rings. The fraction of sp³-hybridized carbons (Fsp3) is 0.0455. The number of nitrogens with zero attached hydrogens (tertiary/aromatic N) is 2. The molecular formula is C22H15Br2FN4O4. The van der Waals surface area contributed by atoms with Gasteiger partial charge in [0.05, 0.1) is 14.6 Å². The summed E-state index contributed by atoms with van der Waals surface area (Å²) in [6, 6.07) is 13.9. The fourth-order valence-electron chi connectivity index (χ4n) is 2.95. The van der Waals surface area contributed by atoms with Crippen molar-refractivity contribution in [3.8, 4) is 22.9 Å². The molecule has 1 heterocycles. The minimum atomic E-state index is -0.674. The number of anilines is 1. The first-order valence-electron chi connectivity index (χ1n) is 9.47. The number of rotatable bonds is 6. The highest BCUT2D eigenvalue weighted by Gasteiger charge is 2.14. The molecule has 4 rings (SSSR count). The Bertz CT molecular complexity index is 1410. The van der Waals surface area contributed by atoms with Crippen molar-refractivity contribution in [2.24, 2.45) is 0 Å². The molecule has 0 radical (unpaired) electrons. The number of ether oxygens (including phenoxy) is 1. The predicted molar refractivity (Wildman–Crippen MR) is 128 cm³/mol. The van der Waals surface area contributed by atoms with Gasteiger partial charge in [-0.1, -0.05) is 0 Å². The topological polar surface area (TPSA) is 109 Å². The van der Waals surface area contributed by atoms with Gasteiger partial charge in [0.15, 0.2) is 5.75 Å². The van der Waals surface area contributed by atoms with Gasteiger partial charge < -0.3 is 15.2 Å². The molecule has 0 bridgehead atoms. The Morgan fingerprint density at radius 3 is 2.42 bits per heavy atom. The molecule has 0 amide bonds. The summed E-state index contributed by atoms with van der Waals surface area (Å²) in [5.74, 6) is 0.632. The van der Waals surface area contributed by atoms with E-state index in [2.05, 4.69) is 47.3 Å². The second-order valence-corrected chi connectivity index (χ2v) is 8.55. The number of H-pyrrole nitrogens is 1. The van der Waals surface area contributed by atoms with Gasteiger partial charge in [0, 0.05) is 17.8 Å². The monoisotopic (exact) mass is 576 g/mol. The third-order valence-electron chi connectivity index (χ3n) is 4.54. The van der Waals surface area contributed by atoms with Crippen molar-refractivity contribution in [1.29, 1.82) is 0 Å². The van der Waals surface area contributed by atoms with Crippen LogP contribution in [0.3, 0.4) is 0 Å². The first-order valence-corrected chi connectivity index (χ1v) is 11.1. The van der Waals surface area contributed by atoms with Gasteiger partial charge >= 0.3 is 5.69 Å². The minimum Gasteiger partial charge on any atom is -0.508 e. The fourth-order valence-corrected chi connectivity index (χ4v) is 4.28. The highest BCUT2D eigenvalue weighted by molar-refractivity contribution is 9.11. The Morgan fingerprint density at radius 2 is 1.76 bits per heavy atom. The van der Waals surface area contributed by atoms with Gasteiger partial charge in [-0.25, -0.2) is 9.18 Å². The maximum atomic E-state index is 13.1. The summed E-state index contributed by atoms with van der Waals surface area (Å²) in [5.41, 5.74) is 0.411. The number of halogens is 3. The van der Waals surface area contributed by atoms with Gasteiger partial charge in [0.1, 0.15) is 23.5 Å². The number of phenolic OH excluding ortho intramolecular Hbond substituents is 1. The first kappa shape index (κ1) is 22.7. The number of hydrogen-bond donors (Lipinski definition) is 3. The van der Waals surface area contributed by atoms with Gasteiger partial charge in [0.25, 0.3) is 5.56 Å². The van der Waals surface area contributed by atoms with E-state index in [4.69, 9.17) is 4.74 Å². The van der Waals surface area contributed by atoms with Crippen LogP contribution in [0.15, 0.2) is 79.3 Å². The Hall–Kier alpha value is -3.44. The van der Waals surface area contributed by atoms with E-state index in [1.54, 1.807) is 36.4 Å². The molecule has 0 saturated carbocycles. The van der Waals surface area contributed by atoms with Gasteiger partial charge in [-0.15, -0.1) is 0 Å². The maximum absolute atomic E-state index is 13.1. The number of nitrogens with one attached hydrogen (secondary N) is 2. The molecular weight excluding hydrogens is 563 g/mol. The number of aromatic hydroxyl groups is 1. The molecule has 3 aromatic carbocycles. The number of hydrogen-bond acceptors (Lipinski definition) is 6. The van der Waals surface area contributed by atoms with Crippen molar-refractivity contribution < 1.29 is 14.2 Å². The van der Waals surface area contributed by atoms with Crippen molar-refractivity contribution in [1.82, 2.24) is 14.8 Å². The Labute approximate surface area is 202 Å². The standard InChI is InChI=1S/C22H15Br2FN4O4/c23-17-8-15(29-22(32)28-20(31)11-27-29)9-18(24)21(17)33-16-5-6-19(30)12(7-16)10-26-14-3-1-13(25)2-4-14/h1-9,11,26,30H,10H2,(H,28,31,32). The summed E-state index contributed by atoms with van der Waals surface area (Å²) in [6.45, 7) is 0.288. The smallest absolute Gasteiger partial charge is 0.349 e. The quantitative estimate of drug-likeness (QED) is 0.307. The molecule has 0 aliphatic heterocycles. The number of benzene rings is 3. The molecule has 168 valence electrons. The average Bonchev–Trinajstić information content (AvgIpc) is 2.77. The van der Waals surface area contributed by atoms with E-state index in [-0.39, 0.29) is 18.1 Å². The third kappa shape index (κ3) is 5.32. The van der Waals surface area contributed by atoms with Gasteiger partial charge in [0.2, 0.25) is 0 Å². The van der Waals surface area contributed by atoms with Gasteiger partial charge in [-0.3, -0.25) is 9.78 Å². The normalized spacial score (nSPS) is 10.8. The molecule has 33 heavy (non-hydrogen) atoms. The highest BCUT2D eigenvalue weighted by atomic mass is 79.9. The van der Waals surface area contributed by atoms with Crippen LogP contribution in [0.25, 0.3) is 5.69 Å². The van der Waals surface area contributed by atoms with E-state index in [1.165, 1.54) is 18.2 Å². The largest absolute Gasteiger partial charge is 0.508 e. The Morgan fingerprint density at radius 1 is 1.06 bits per heavy atom. The molecule has 0 saturated heterocycles. The zero-order valence-corrected chi connectivity index (χ0v) is 19.9. The van der Waals surface area contributed by atoms with Crippen LogP contribution in [0.2, 0.25) is 0 Å². The van der Waals surface area contributed by atoms with Crippen LogP contribution in [-0.2, 0) is 6.54 Å². The molecule has 1 aromatic heterocycles. The first-order chi connectivity index (χ1) is 15.8. The van der Waals surface area contributed by atoms with E-state index in [0.717, 1.165) is 10.9 Å². The molecule has 3 N–H and O–H groups in total. The van der Waals surface area contributed by atoms with Crippen molar-refractivity contribution in [3.05, 3.63) is 102 Å². The zero-order valence-electron chi connectivity index (χ0n) is 16.7. The maximum Gasteiger partial charge on any atom is 0.349 e. The second kappa shape index (κ2) is 9.59. The lowest BCUT2D eigenvalue weighted by Crippen LogP contribution is -2.30. The molecule has 0 aliphatic carbocycles. The summed E-state index contributed by atoms with van der Waals surface area (Å²) in [4.78, 5) is 25.4. The summed E-state index contributed by atoms with van der Waals surface area (Å²) in [5, 5.41) is 17.2. The highest BCUT2D eigenvalue weighted by Crippen LogP contribution is 2.39. The lowest BCUT2D eigenvalue weighted by molar-refractivity contribution is 0.456. The molecule has 0 spiro atoms. The molecule has 11 heteroatoms. The SMILES string of the molecule is O=c1cnn(-c2cc(Br)c(Oc3ccc(O)c(CNc4ccc(F)cc4)c3)c(Br)c2)c(=O)[nH]1. The molecule has 0 aliphatic rings. The second-order valence-electron chi connectivity index (χ2n) is 6.84. The number of aromatic amines is 1. The summed E-state index contributed by atoms with van der Waals surface area (Å²) >= 11 is 6.86. The average molecular weight is 578 g/mol. The van der Waals surface area contributed by atoms with Crippen LogP contribution >= 0.6 is 31.9 Å². The number of aromatic nitrogens is 3. The van der Waals surface area contributed by atoms with E-state index in [0.29, 0.717) is 37.4 Å². The van der Waals surface area contributed by atoms with Crippen LogP contribution in [0.1, 0.15) is 5.56 Å². The van der Waals surface area contributed by atoms with Gasteiger partial charge in [-0.2, -0.15) is 9.78 Å². The summed E-state index contributed by atoms with van der Waals surface area (Å²) in [7, 11) is 0. The number of phenols is 1. The Kier molecular flexibility index (Phi) is 6.61. The van der Waals surface area contributed by atoms with Gasteiger partial charge in [-0.05, 0) is 86.5 Å². The molecule has 0 unspecified atom stereocenters. The zero-order chi connectivity index (χ0) is 23.5. The summed E-state index contributed by atoms with van der Waals surface area (Å²) in [6.07, 6.45) is 1.01. The van der Waals surface area contributed by atoms with Crippen LogP contribution in [0.4, 0.5) is 10.1 Å². The van der Waals surface area contributed by atoms with Crippen molar-refractivity contribution in [3.63, 3.8) is 0 Å². The third-order valence-corrected chi connectivity index (χ3v) is 5.72. The Balaban J connectivity index is 1.57. The molecule has 0 atom stereocenters. The molecule has 8 nitrogen and oxygen atoms in total. The summed E-state index contributed by atoms with van der Waals surface area (Å²) < 4.78 is 21.1. The predicted octanol–water partition coefficient (Wildman–Crippen LogP) is 4.69. The van der Waals surface area contributed by atoms with Crippen LogP contribution in [0.5, 0.6) is 17.2 Å². The lowest BCUT2D eigenvalue weighted by Gasteiger charge is -2.14. The van der Waals surface area contributed by atoms with Crippen molar-refractivity contribution in [2.45, 2.75) is 6.54 Å². The van der Waals surface area contributed by atoms with E-state index < -0.39 is 11.2 Å². The van der Waals surface area contributed by atoms with E-state index >= 15 is 0 Å². The van der Waals surface area contributed by atoms with E-state index in [1.807, 2.05) is 0 Å². The lowest BCUT2D eigenvalue weighted by atomic mass is 10.2. The van der Waals surface area contributed by atoms with Crippen molar-refractivity contribution >= 4 is 37.5 Å². The van der Waals surface area contributed by atoms with Crippen LogP contribution in [-0.4, -0.2) is 19.9 Å². The van der Waals surface area contributed by atoms with E-state index in [9.17, 15) is 19.1 Å². The van der Waals surface area contributed by atoms with Crippen LogP contribution < -0.4 is 21.3 Å².